The van der Waals surface area contributed by atoms with Crippen LogP contribution in [0, 0.1) is 6.92 Å². The van der Waals surface area contributed by atoms with Gasteiger partial charge in [-0.2, -0.15) is 0 Å². The van der Waals surface area contributed by atoms with Gasteiger partial charge >= 0.3 is 5.78 Å². The summed E-state index contributed by atoms with van der Waals surface area (Å²) >= 11 is 0. The quantitative estimate of drug-likeness (QED) is 0.649. The van der Waals surface area contributed by atoms with Crippen LogP contribution in [-0.4, -0.2) is 28.7 Å². The molecule has 0 saturated carbocycles. The van der Waals surface area contributed by atoms with Gasteiger partial charge in [-0.1, -0.05) is 24.3 Å². The molecule has 2 N–H and O–H groups in total. The maximum atomic E-state index is 11.8. The second-order valence-electron chi connectivity index (χ2n) is 6.33. The van der Waals surface area contributed by atoms with E-state index < -0.39 is 10.1 Å². The van der Waals surface area contributed by atoms with Crippen molar-refractivity contribution < 1.29 is 22.9 Å². The van der Waals surface area contributed by atoms with Crippen molar-refractivity contribution in [1.29, 1.82) is 0 Å². The zero-order valence-corrected chi connectivity index (χ0v) is 15.6. The Kier molecular flexibility index (Phi) is 4.87. The Morgan fingerprint density at radius 3 is 2.41 bits per heavy atom. The van der Waals surface area contributed by atoms with Crippen molar-refractivity contribution in [2.24, 2.45) is 0 Å². The Hall–Kier alpha value is -2.96. The number of phenolic OH excluding ortho intramolecular Hbond substituents is 1. The molecule has 0 spiro atoms. The Bertz CT molecular complexity index is 1130. The van der Waals surface area contributed by atoms with Gasteiger partial charge < -0.3 is 9.66 Å². The largest absolute Gasteiger partial charge is 0.744 e. The van der Waals surface area contributed by atoms with Gasteiger partial charge in [0, 0.05) is 11.6 Å². The van der Waals surface area contributed by atoms with Crippen LogP contribution in [0.25, 0.3) is 5.57 Å². The molecule has 27 heavy (non-hydrogen) atoms. The lowest BCUT2D eigenvalue weighted by molar-refractivity contribution is 0.462. The first-order chi connectivity index (χ1) is 12.7. The van der Waals surface area contributed by atoms with E-state index in [0.29, 0.717) is 27.8 Å². The van der Waals surface area contributed by atoms with Gasteiger partial charge in [0.25, 0.3) is 0 Å². The molecule has 2 aromatic rings. The number of phenols is 1. The highest BCUT2D eigenvalue weighted by Crippen LogP contribution is 2.35. The predicted octanol–water partition coefficient (Wildman–Crippen LogP) is 3.47. The highest BCUT2D eigenvalue weighted by atomic mass is 32.2. The van der Waals surface area contributed by atoms with Gasteiger partial charge in [-0.25, -0.2) is 8.42 Å². The molecular weight excluding hydrogens is 364 g/mol. The van der Waals surface area contributed by atoms with Crippen LogP contribution in [0.15, 0.2) is 76.7 Å². The summed E-state index contributed by atoms with van der Waals surface area (Å²) in [7, 11) is -4.70. The average molecular weight is 382 g/mol. The molecule has 2 aromatic carbocycles. The fraction of sp³-hybridized carbons (Fsp3) is 0.0952. The van der Waals surface area contributed by atoms with E-state index in [1.165, 1.54) is 24.3 Å². The van der Waals surface area contributed by atoms with E-state index in [1.54, 1.807) is 50.3 Å². The van der Waals surface area contributed by atoms with Crippen LogP contribution in [-0.2, 0) is 10.1 Å². The topological polar surface area (TPSA) is 98.8 Å². The number of ketones is 1. The van der Waals surface area contributed by atoms with Crippen molar-refractivity contribution >= 4 is 21.5 Å². The number of allylic oxidation sites excluding steroid dienone is 5. The molecule has 0 fully saturated rings. The first-order valence-electron chi connectivity index (χ1n) is 8.20. The Balaban J connectivity index is 2.40. The maximum Gasteiger partial charge on any atom is 0.342 e. The molecule has 3 rings (SSSR count). The summed E-state index contributed by atoms with van der Waals surface area (Å²) < 4.78 is 35.4. The number of hydrogen-bond acceptors (Lipinski definition) is 4. The molecule has 1 aliphatic rings. The summed E-state index contributed by atoms with van der Waals surface area (Å²) in [4.78, 5) is 9.52. The smallest absolute Gasteiger partial charge is 0.342 e. The fourth-order valence-corrected chi connectivity index (χ4v) is 3.68. The molecule has 0 bridgehead atoms. The third-order valence-electron chi connectivity index (χ3n) is 4.40. The van der Waals surface area contributed by atoms with Gasteiger partial charge in [0.15, 0.2) is 0 Å². The molecule has 0 amide bonds. The minimum Gasteiger partial charge on any atom is -0.744 e. The van der Waals surface area contributed by atoms with E-state index >= 15 is 0 Å². The number of carbonyl (C=O) groups excluding carboxylic acids is 1. The standard InChI is InChI=1S/C21H18O5S/c1-13-11-15(7-9-18(13)22)21(16-8-10-19(23)14(2)12-16)17-5-3-4-6-20(17)27(24,25)26/h3-12,22H,1-2H3,(H,24,25,26)/b21-16+. The van der Waals surface area contributed by atoms with Crippen LogP contribution in [0.1, 0.15) is 23.6 Å². The number of aryl methyl sites for hydroxylation is 1. The predicted molar refractivity (Wildman–Crippen MR) is 103 cm³/mol. The summed E-state index contributed by atoms with van der Waals surface area (Å²) in [6, 6.07) is 10.9. The summed E-state index contributed by atoms with van der Waals surface area (Å²) in [6.45, 7) is 3.46. The second-order valence-corrected chi connectivity index (χ2v) is 7.68. The van der Waals surface area contributed by atoms with Gasteiger partial charge in [-0.3, -0.25) is 4.79 Å². The van der Waals surface area contributed by atoms with E-state index in [2.05, 4.69) is 0 Å². The van der Waals surface area contributed by atoms with Crippen molar-refractivity contribution in [3.63, 3.8) is 0 Å². The summed E-state index contributed by atoms with van der Waals surface area (Å²) in [5.74, 6) is 0.231. The number of aromatic hydroxyl groups is 1. The van der Waals surface area contributed by atoms with Crippen LogP contribution >= 0.6 is 0 Å². The van der Waals surface area contributed by atoms with Crippen molar-refractivity contribution in [2.45, 2.75) is 18.7 Å². The van der Waals surface area contributed by atoms with E-state index in [1.807, 2.05) is 0 Å². The van der Waals surface area contributed by atoms with Crippen molar-refractivity contribution in [3.8, 4) is 5.75 Å². The monoisotopic (exact) mass is 382 g/mol. The lowest BCUT2D eigenvalue weighted by Crippen LogP contribution is -2.07. The summed E-state index contributed by atoms with van der Waals surface area (Å²) in [5, 5.41) is 9.84. The first kappa shape index (κ1) is 18.8. The molecule has 5 nitrogen and oxygen atoms in total. The highest BCUT2D eigenvalue weighted by molar-refractivity contribution is 7.85. The van der Waals surface area contributed by atoms with Crippen LogP contribution in [0.4, 0.5) is 0 Å². The van der Waals surface area contributed by atoms with Gasteiger partial charge in [0.1, 0.15) is 15.9 Å². The molecule has 0 radical (unpaired) electrons. The summed E-state index contributed by atoms with van der Waals surface area (Å²) in [5.41, 5.74) is 3.31. The lowest BCUT2D eigenvalue weighted by Gasteiger charge is -2.19. The molecule has 0 heterocycles. The molecular formula is C21H18O5S. The van der Waals surface area contributed by atoms with Gasteiger partial charge in [0.2, 0.25) is 0 Å². The van der Waals surface area contributed by atoms with Gasteiger partial charge in [-0.05, 0) is 66.5 Å². The molecule has 6 heteroatoms. The normalized spacial score (nSPS) is 16.3. The van der Waals surface area contributed by atoms with Crippen LogP contribution in [0.2, 0.25) is 0 Å². The fourth-order valence-electron chi connectivity index (χ4n) is 2.99. The Morgan fingerprint density at radius 2 is 1.78 bits per heavy atom. The van der Waals surface area contributed by atoms with E-state index in [-0.39, 0.29) is 22.0 Å². The molecule has 0 aromatic heterocycles. The molecule has 138 valence electrons. The van der Waals surface area contributed by atoms with Crippen LogP contribution in [0.5, 0.6) is 5.75 Å². The van der Waals surface area contributed by atoms with Gasteiger partial charge in [0.05, 0.1) is 10.5 Å². The number of benzene rings is 2. The lowest BCUT2D eigenvalue weighted by atomic mass is 9.88. The van der Waals surface area contributed by atoms with Crippen molar-refractivity contribution in [2.75, 3.05) is 0 Å². The van der Waals surface area contributed by atoms with E-state index in [9.17, 15) is 22.9 Å². The van der Waals surface area contributed by atoms with E-state index in [0.717, 1.165) is 0 Å². The van der Waals surface area contributed by atoms with Crippen molar-refractivity contribution in [1.82, 2.24) is 0 Å². The molecule has 0 atom stereocenters. The third kappa shape index (κ3) is 3.77. The van der Waals surface area contributed by atoms with Crippen LogP contribution in [0.3, 0.4) is 0 Å². The number of hydrogen-bond donors (Lipinski definition) is 1. The van der Waals surface area contributed by atoms with Gasteiger partial charge in [-0.15, -0.1) is 0 Å². The molecule has 1 aliphatic carbocycles. The first-order valence-corrected chi connectivity index (χ1v) is 9.61. The number of rotatable bonds is 3. The van der Waals surface area contributed by atoms with Crippen LogP contribution < -0.4 is 0 Å². The zero-order chi connectivity index (χ0) is 19.8. The van der Waals surface area contributed by atoms with E-state index in [4.69, 9.17) is 0 Å². The molecule has 0 saturated heterocycles. The minimum atomic E-state index is -4.70. The Morgan fingerprint density at radius 1 is 1.07 bits per heavy atom. The Labute approximate surface area is 157 Å². The summed E-state index contributed by atoms with van der Waals surface area (Å²) in [6.07, 6.45) is 4.90. The molecule has 0 unspecified atom stereocenters. The third-order valence-corrected chi connectivity index (χ3v) is 5.29. The highest BCUT2D eigenvalue weighted by Gasteiger charge is 2.20. The zero-order valence-electron chi connectivity index (χ0n) is 14.8. The SMILES string of the molecule is CC1=C/C(=C(\c2ccc(O)c(C)c2)c2ccccc2S(=O)(=O)[O-])C=CC1=[OH+]. The average Bonchev–Trinajstić information content (AvgIpc) is 2.61. The maximum absolute atomic E-state index is 11.8. The molecule has 0 aliphatic heterocycles. The minimum absolute atomic E-state index is 0.115. The second kappa shape index (κ2) is 6.98. The van der Waals surface area contributed by atoms with Crippen molar-refractivity contribution in [3.05, 3.63) is 88.5 Å².